The Morgan fingerprint density at radius 1 is 1.24 bits per heavy atom. The molecular weight excluding hydrogens is 268 g/mol. The van der Waals surface area contributed by atoms with Gasteiger partial charge in [-0.2, -0.15) is 0 Å². The first-order chi connectivity index (χ1) is 10.1. The molecule has 0 aliphatic rings. The summed E-state index contributed by atoms with van der Waals surface area (Å²) in [7, 11) is 1.49. The van der Waals surface area contributed by atoms with E-state index in [2.05, 4.69) is 24.4 Å². The maximum atomic E-state index is 11.1. The highest BCUT2D eigenvalue weighted by atomic mass is 16.6. The molecule has 0 unspecified atom stereocenters. The van der Waals surface area contributed by atoms with E-state index in [0.717, 1.165) is 6.42 Å². The number of anilines is 1. The Hall–Kier alpha value is -2.56. The number of nitrogens with one attached hydrogen (secondary N) is 1. The first-order valence-electron chi connectivity index (χ1n) is 6.72. The minimum Gasteiger partial charge on any atom is -0.496 e. The fourth-order valence-corrected chi connectivity index (χ4v) is 2.16. The quantitative estimate of drug-likeness (QED) is 0.651. The van der Waals surface area contributed by atoms with Gasteiger partial charge in [-0.15, -0.1) is 0 Å². The molecule has 0 spiro atoms. The first kappa shape index (κ1) is 14.8. The van der Waals surface area contributed by atoms with Gasteiger partial charge in [0.25, 0.3) is 5.69 Å². The second-order valence-electron chi connectivity index (χ2n) is 4.74. The molecule has 5 heteroatoms. The predicted octanol–water partition coefficient (Wildman–Crippen LogP) is 3.57. The molecule has 0 saturated heterocycles. The molecule has 2 rings (SSSR count). The van der Waals surface area contributed by atoms with Gasteiger partial charge in [-0.3, -0.25) is 10.1 Å². The zero-order chi connectivity index (χ0) is 15.2. The molecule has 2 aromatic rings. The lowest BCUT2D eigenvalue weighted by Gasteiger charge is -2.09. The number of methoxy groups -OCH3 is 1. The summed E-state index contributed by atoms with van der Waals surface area (Å²) >= 11 is 0. The van der Waals surface area contributed by atoms with Crippen LogP contribution in [0.1, 0.15) is 11.1 Å². The molecule has 5 nitrogen and oxygen atoms in total. The van der Waals surface area contributed by atoms with Gasteiger partial charge in [-0.05, 0) is 36.6 Å². The third-order valence-corrected chi connectivity index (χ3v) is 3.37. The molecule has 0 aromatic heterocycles. The van der Waals surface area contributed by atoms with Gasteiger partial charge in [-0.25, -0.2) is 0 Å². The summed E-state index contributed by atoms with van der Waals surface area (Å²) in [6, 6.07) is 12.9. The molecule has 0 amide bonds. The van der Waals surface area contributed by atoms with Crippen LogP contribution in [0.4, 0.5) is 11.4 Å². The summed E-state index contributed by atoms with van der Waals surface area (Å²) < 4.78 is 5.02. The zero-order valence-corrected chi connectivity index (χ0v) is 12.1. The van der Waals surface area contributed by atoms with Crippen molar-refractivity contribution in [1.29, 1.82) is 0 Å². The van der Waals surface area contributed by atoms with Gasteiger partial charge in [0, 0.05) is 6.54 Å². The number of rotatable bonds is 6. The number of hydrogen-bond acceptors (Lipinski definition) is 4. The Bertz CT molecular complexity index is 641. The Labute approximate surface area is 123 Å². The van der Waals surface area contributed by atoms with E-state index in [9.17, 15) is 10.1 Å². The predicted molar refractivity (Wildman–Crippen MR) is 83.0 cm³/mol. The average molecular weight is 286 g/mol. The molecule has 0 fully saturated rings. The van der Waals surface area contributed by atoms with Crippen molar-refractivity contribution in [2.75, 3.05) is 19.0 Å². The van der Waals surface area contributed by atoms with Crippen LogP contribution in [0.5, 0.6) is 5.75 Å². The summed E-state index contributed by atoms with van der Waals surface area (Å²) in [6.07, 6.45) is 0.815. The third-order valence-electron chi connectivity index (χ3n) is 3.37. The zero-order valence-electron chi connectivity index (χ0n) is 12.1. The molecule has 0 bridgehead atoms. The van der Waals surface area contributed by atoms with Gasteiger partial charge in [0.2, 0.25) is 0 Å². The molecule has 0 aliphatic heterocycles. The SMILES string of the molecule is COc1ccc(NCCc2ccccc2C)c([N+](=O)[O-])c1. The maximum absolute atomic E-state index is 11.1. The normalized spacial score (nSPS) is 10.2. The van der Waals surface area contributed by atoms with Crippen LogP contribution in [-0.2, 0) is 6.42 Å². The third kappa shape index (κ3) is 3.72. The minimum atomic E-state index is -0.404. The molecule has 0 aliphatic carbocycles. The van der Waals surface area contributed by atoms with Crippen LogP contribution in [-0.4, -0.2) is 18.6 Å². The van der Waals surface area contributed by atoms with Crippen molar-refractivity contribution in [2.45, 2.75) is 13.3 Å². The topological polar surface area (TPSA) is 64.4 Å². The van der Waals surface area contributed by atoms with Crippen LogP contribution >= 0.6 is 0 Å². The Morgan fingerprint density at radius 2 is 2.00 bits per heavy atom. The smallest absolute Gasteiger partial charge is 0.296 e. The summed E-state index contributed by atoms with van der Waals surface area (Å²) in [5.74, 6) is 0.478. The van der Waals surface area contributed by atoms with Crippen molar-refractivity contribution < 1.29 is 9.66 Å². The van der Waals surface area contributed by atoms with Crippen LogP contribution in [0.2, 0.25) is 0 Å². The lowest BCUT2D eigenvalue weighted by atomic mass is 10.1. The van der Waals surface area contributed by atoms with Crippen molar-refractivity contribution in [3.05, 3.63) is 63.7 Å². The summed E-state index contributed by atoms with van der Waals surface area (Å²) in [4.78, 5) is 10.7. The molecule has 0 saturated carbocycles. The van der Waals surface area contributed by atoms with Crippen molar-refractivity contribution >= 4 is 11.4 Å². The van der Waals surface area contributed by atoms with Gasteiger partial charge in [0.15, 0.2) is 0 Å². The van der Waals surface area contributed by atoms with Crippen molar-refractivity contribution in [1.82, 2.24) is 0 Å². The second kappa shape index (κ2) is 6.74. The van der Waals surface area contributed by atoms with E-state index < -0.39 is 4.92 Å². The standard InChI is InChI=1S/C16H18N2O3/c1-12-5-3-4-6-13(12)9-10-17-15-8-7-14(21-2)11-16(15)18(19)20/h3-8,11,17H,9-10H2,1-2H3. The van der Waals surface area contributed by atoms with E-state index in [-0.39, 0.29) is 5.69 Å². The Kier molecular flexibility index (Phi) is 4.77. The number of hydrogen-bond donors (Lipinski definition) is 1. The fourth-order valence-electron chi connectivity index (χ4n) is 2.16. The number of benzene rings is 2. The van der Waals surface area contributed by atoms with Crippen molar-refractivity contribution in [2.24, 2.45) is 0 Å². The van der Waals surface area contributed by atoms with Crippen molar-refractivity contribution in [3.8, 4) is 5.75 Å². The summed E-state index contributed by atoms with van der Waals surface area (Å²) in [5, 5.41) is 14.2. The lowest BCUT2D eigenvalue weighted by molar-refractivity contribution is -0.384. The molecule has 0 atom stereocenters. The number of aryl methyl sites for hydroxylation is 1. The van der Waals surface area contributed by atoms with E-state index >= 15 is 0 Å². The monoisotopic (exact) mass is 286 g/mol. The van der Waals surface area contributed by atoms with Crippen molar-refractivity contribution in [3.63, 3.8) is 0 Å². The Balaban J connectivity index is 2.06. The van der Waals surface area contributed by atoms with Gasteiger partial charge in [0.1, 0.15) is 11.4 Å². The van der Waals surface area contributed by atoms with Crippen LogP contribution in [0.3, 0.4) is 0 Å². The molecule has 0 radical (unpaired) electrons. The molecule has 0 heterocycles. The van der Waals surface area contributed by atoms with Gasteiger partial charge < -0.3 is 10.1 Å². The fraction of sp³-hybridized carbons (Fsp3) is 0.250. The van der Waals surface area contributed by atoms with E-state index in [4.69, 9.17) is 4.74 Å². The average Bonchev–Trinajstić information content (AvgIpc) is 2.49. The second-order valence-corrected chi connectivity index (χ2v) is 4.74. The number of nitro groups is 1. The number of ether oxygens (including phenoxy) is 1. The highest BCUT2D eigenvalue weighted by molar-refractivity contribution is 5.63. The summed E-state index contributed by atoms with van der Waals surface area (Å²) in [5.41, 5.74) is 3.00. The summed E-state index contributed by atoms with van der Waals surface area (Å²) in [6.45, 7) is 2.70. The first-order valence-corrected chi connectivity index (χ1v) is 6.72. The molecule has 110 valence electrons. The lowest BCUT2D eigenvalue weighted by Crippen LogP contribution is -2.07. The Morgan fingerprint density at radius 3 is 2.67 bits per heavy atom. The van der Waals surface area contributed by atoms with E-state index in [1.54, 1.807) is 12.1 Å². The van der Waals surface area contributed by atoms with Crippen LogP contribution < -0.4 is 10.1 Å². The molecule has 1 N–H and O–H groups in total. The van der Waals surface area contributed by atoms with E-state index in [1.165, 1.54) is 24.3 Å². The largest absolute Gasteiger partial charge is 0.496 e. The number of nitrogens with zero attached hydrogens (tertiary/aromatic N) is 1. The van der Waals surface area contributed by atoms with Crippen LogP contribution in [0.25, 0.3) is 0 Å². The van der Waals surface area contributed by atoms with E-state index in [1.807, 2.05) is 12.1 Å². The maximum Gasteiger partial charge on any atom is 0.296 e. The van der Waals surface area contributed by atoms with Gasteiger partial charge in [-0.1, -0.05) is 24.3 Å². The molecule has 2 aromatic carbocycles. The van der Waals surface area contributed by atoms with Crippen LogP contribution in [0.15, 0.2) is 42.5 Å². The van der Waals surface area contributed by atoms with Crippen LogP contribution in [0, 0.1) is 17.0 Å². The van der Waals surface area contributed by atoms with Gasteiger partial charge >= 0.3 is 0 Å². The highest BCUT2D eigenvalue weighted by Crippen LogP contribution is 2.28. The molecule has 21 heavy (non-hydrogen) atoms. The van der Waals surface area contributed by atoms with E-state index in [0.29, 0.717) is 18.0 Å². The molecular formula is C16H18N2O3. The number of nitro benzene ring substituents is 1. The highest BCUT2D eigenvalue weighted by Gasteiger charge is 2.14. The minimum absolute atomic E-state index is 0.0270. The van der Waals surface area contributed by atoms with Gasteiger partial charge in [0.05, 0.1) is 18.1 Å².